The lowest BCUT2D eigenvalue weighted by atomic mass is 10.3. The van der Waals surface area contributed by atoms with Gasteiger partial charge in [0, 0.05) is 19.3 Å². The predicted molar refractivity (Wildman–Crippen MR) is 62.0 cm³/mol. The number of primary amides is 1. The van der Waals surface area contributed by atoms with Crippen molar-refractivity contribution in [1.29, 1.82) is 0 Å². The van der Waals surface area contributed by atoms with Crippen molar-refractivity contribution in [2.75, 3.05) is 31.8 Å². The van der Waals surface area contributed by atoms with Gasteiger partial charge in [-0.1, -0.05) is 0 Å². The van der Waals surface area contributed by atoms with Crippen molar-refractivity contribution in [3.8, 4) is 0 Å². The van der Waals surface area contributed by atoms with Crippen molar-refractivity contribution >= 4 is 23.6 Å². The molecule has 94 valence electrons. The molecule has 16 heavy (non-hydrogen) atoms. The van der Waals surface area contributed by atoms with Crippen LogP contribution in [-0.4, -0.2) is 54.8 Å². The molecule has 0 aromatic heterocycles. The Morgan fingerprint density at radius 2 is 2.25 bits per heavy atom. The highest BCUT2D eigenvalue weighted by atomic mass is 32.2. The normalized spacial score (nSPS) is 12.1. The zero-order valence-electron chi connectivity index (χ0n) is 9.27. The van der Waals surface area contributed by atoms with E-state index in [2.05, 4.69) is 5.32 Å². The molecule has 0 aromatic carbocycles. The highest BCUT2D eigenvalue weighted by molar-refractivity contribution is 7.99. The Kier molecular flexibility index (Phi) is 8.97. The maximum Gasteiger partial charge on any atom is 0.227 e. The van der Waals surface area contributed by atoms with Gasteiger partial charge in [0.2, 0.25) is 11.8 Å². The van der Waals surface area contributed by atoms with Gasteiger partial charge in [-0.15, -0.1) is 0 Å². The third kappa shape index (κ3) is 8.51. The number of ether oxygens (including phenoxy) is 1. The van der Waals surface area contributed by atoms with Gasteiger partial charge in [0.1, 0.15) is 0 Å². The molecule has 1 atom stereocenters. The van der Waals surface area contributed by atoms with Crippen molar-refractivity contribution in [2.24, 2.45) is 5.73 Å². The number of hydrogen-bond acceptors (Lipinski definition) is 5. The first-order valence-electron chi connectivity index (χ1n) is 4.85. The second kappa shape index (κ2) is 9.44. The summed E-state index contributed by atoms with van der Waals surface area (Å²) in [7, 11) is 1.50. The van der Waals surface area contributed by atoms with E-state index < -0.39 is 5.91 Å². The third-order valence-corrected chi connectivity index (χ3v) is 2.65. The molecule has 2 amide bonds. The maximum absolute atomic E-state index is 11.3. The third-order valence-electron chi connectivity index (χ3n) is 1.67. The van der Waals surface area contributed by atoms with Crippen LogP contribution in [0.4, 0.5) is 0 Å². The van der Waals surface area contributed by atoms with Crippen LogP contribution >= 0.6 is 11.8 Å². The van der Waals surface area contributed by atoms with Gasteiger partial charge < -0.3 is 20.9 Å². The monoisotopic (exact) mass is 250 g/mol. The lowest BCUT2D eigenvalue weighted by molar-refractivity contribution is -0.122. The first kappa shape index (κ1) is 15.2. The number of methoxy groups -OCH3 is 1. The average Bonchev–Trinajstić information content (AvgIpc) is 2.23. The molecule has 0 aliphatic carbocycles. The number of rotatable bonds is 9. The Labute approximate surface area is 98.9 Å². The summed E-state index contributed by atoms with van der Waals surface area (Å²) in [6.07, 6.45) is 0.290. The van der Waals surface area contributed by atoms with Crippen LogP contribution in [-0.2, 0) is 14.3 Å². The van der Waals surface area contributed by atoms with Crippen LogP contribution in [0.1, 0.15) is 6.42 Å². The van der Waals surface area contributed by atoms with Crippen LogP contribution in [0.15, 0.2) is 0 Å². The van der Waals surface area contributed by atoms with Gasteiger partial charge >= 0.3 is 0 Å². The van der Waals surface area contributed by atoms with E-state index in [1.807, 2.05) is 0 Å². The SMILES string of the molecule is COCC(CO)NC(=O)CCSCC(N)=O. The van der Waals surface area contributed by atoms with E-state index >= 15 is 0 Å². The topological polar surface area (TPSA) is 102 Å². The van der Waals surface area contributed by atoms with Crippen molar-refractivity contribution < 1.29 is 19.4 Å². The number of nitrogens with two attached hydrogens (primary N) is 1. The number of amides is 2. The molecule has 0 saturated carbocycles. The van der Waals surface area contributed by atoms with Crippen molar-refractivity contribution in [2.45, 2.75) is 12.5 Å². The van der Waals surface area contributed by atoms with Crippen LogP contribution in [0.2, 0.25) is 0 Å². The summed E-state index contributed by atoms with van der Waals surface area (Å²) < 4.78 is 4.81. The number of aliphatic hydroxyl groups excluding tert-OH is 1. The fourth-order valence-electron chi connectivity index (χ4n) is 0.979. The summed E-state index contributed by atoms with van der Waals surface area (Å²) >= 11 is 1.31. The Bertz CT molecular complexity index is 226. The summed E-state index contributed by atoms with van der Waals surface area (Å²) in [5.74, 6) is 0.181. The molecule has 0 fully saturated rings. The Balaban J connectivity index is 3.60. The van der Waals surface area contributed by atoms with E-state index in [0.717, 1.165) is 0 Å². The zero-order chi connectivity index (χ0) is 12.4. The molecule has 0 saturated heterocycles. The van der Waals surface area contributed by atoms with Gasteiger partial charge in [-0.2, -0.15) is 11.8 Å². The molecule has 0 spiro atoms. The number of hydrogen-bond donors (Lipinski definition) is 3. The molecule has 0 bridgehead atoms. The molecule has 0 aliphatic heterocycles. The minimum Gasteiger partial charge on any atom is -0.394 e. The van der Waals surface area contributed by atoms with Crippen LogP contribution in [0.5, 0.6) is 0 Å². The van der Waals surface area contributed by atoms with Crippen molar-refractivity contribution in [1.82, 2.24) is 5.32 Å². The van der Waals surface area contributed by atoms with Gasteiger partial charge in [-0.05, 0) is 0 Å². The fraction of sp³-hybridized carbons (Fsp3) is 0.778. The number of carbonyl (C=O) groups is 2. The number of carbonyl (C=O) groups excluding carboxylic acids is 2. The molecule has 4 N–H and O–H groups in total. The number of nitrogens with one attached hydrogen (secondary N) is 1. The van der Waals surface area contributed by atoms with Gasteiger partial charge in [-0.25, -0.2) is 0 Å². The minimum absolute atomic E-state index is 0.159. The summed E-state index contributed by atoms with van der Waals surface area (Å²) in [6, 6.07) is -0.376. The summed E-state index contributed by atoms with van der Waals surface area (Å²) in [5, 5.41) is 11.5. The van der Waals surface area contributed by atoms with Gasteiger partial charge in [-0.3, -0.25) is 9.59 Å². The van der Waals surface area contributed by atoms with Crippen LogP contribution in [0, 0.1) is 0 Å². The molecule has 0 aromatic rings. The molecule has 6 nitrogen and oxygen atoms in total. The smallest absolute Gasteiger partial charge is 0.227 e. The summed E-state index contributed by atoms with van der Waals surface area (Å²) in [6.45, 7) is 0.116. The predicted octanol–water partition coefficient (Wildman–Crippen LogP) is -1.28. The largest absolute Gasteiger partial charge is 0.394 e. The second-order valence-electron chi connectivity index (χ2n) is 3.17. The summed E-state index contributed by atoms with van der Waals surface area (Å²) in [5.41, 5.74) is 4.94. The Morgan fingerprint density at radius 1 is 1.56 bits per heavy atom. The molecule has 0 heterocycles. The molecule has 0 radical (unpaired) electrons. The summed E-state index contributed by atoms with van der Waals surface area (Å²) in [4.78, 5) is 21.7. The number of aliphatic hydroxyl groups is 1. The maximum atomic E-state index is 11.3. The van der Waals surface area contributed by atoms with Crippen LogP contribution in [0.3, 0.4) is 0 Å². The van der Waals surface area contributed by atoms with E-state index in [1.54, 1.807) is 0 Å². The minimum atomic E-state index is -0.391. The lowest BCUT2D eigenvalue weighted by Crippen LogP contribution is -2.40. The van der Waals surface area contributed by atoms with Crippen LogP contribution in [0.25, 0.3) is 0 Å². The highest BCUT2D eigenvalue weighted by Crippen LogP contribution is 2.01. The first-order chi connectivity index (χ1) is 7.60. The van der Waals surface area contributed by atoms with Crippen molar-refractivity contribution in [3.63, 3.8) is 0 Å². The van der Waals surface area contributed by atoms with E-state index in [0.29, 0.717) is 5.75 Å². The number of thioether (sulfide) groups is 1. The zero-order valence-corrected chi connectivity index (χ0v) is 10.1. The Hall–Kier alpha value is -0.790. The quantitative estimate of drug-likeness (QED) is 0.442. The Morgan fingerprint density at radius 3 is 2.75 bits per heavy atom. The standard InChI is InChI=1S/C9H18N2O4S/c1-15-5-7(4-12)11-9(14)2-3-16-6-8(10)13/h7,12H,2-6H2,1H3,(H2,10,13)(H,11,14). The first-order valence-corrected chi connectivity index (χ1v) is 6.00. The molecule has 0 rings (SSSR count). The molecular formula is C9H18N2O4S. The molecule has 0 aliphatic rings. The van der Waals surface area contributed by atoms with E-state index in [-0.39, 0.29) is 37.3 Å². The van der Waals surface area contributed by atoms with Gasteiger partial charge in [0.25, 0.3) is 0 Å². The highest BCUT2D eigenvalue weighted by Gasteiger charge is 2.10. The lowest BCUT2D eigenvalue weighted by Gasteiger charge is -2.14. The van der Waals surface area contributed by atoms with E-state index in [4.69, 9.17) is 15.6 Å². The fourth-order valence-corrected chi connectivity index (χ4v) is 1.65. The van der Waals surface area contributed by atoms with Gasteiger partial charge in [0.05, 0.1) is 25.0 Å². The average molecular weight is 250 g/mol. The molecular weight excluding hydrogens is 232 g/mol. The van der Waals surface area contributed by atoms with Gasteiger partial charge in [0.15, 0.2) is 0 Å². The van der Waals surface area contributed by atoms with Crippen molar-refractivity contribution in [3.05, 3.63) is 0 Å². The van der Waals surface area contributed by atoms with E-state index in [9.17, 15) is 9.59 Å². The van der Waals surface area contributed by atoms with E-state index in [1.165, 1.54) is 18.9 Å². The molecule has 7 heteroatoms. The second-order valence-corrected chi connectivity index (χ2v) is 4.28. The van der Waals surface area contributed by atoms with Crippen LogP contribution < -0.4 is 11.1 Å². The molecule has 1 unspecified atom stereocenters.